The molecule has 138 valence electrons. The molecule has 3 nitrogen and oxygen atoms in total. The highest BCUT2D eigenvalue weighted by atomic mass is 19.1. The summed E-state index contributed by atoms with van der Waals surface area (Å²) in [5, 5.41) is 6.14. The number of carbonyl (C=O) groups is 1. The topological polar surface area (TPSA) is 41.1 Å². The number of benzene rings is 3. The maximum atomic E-state index is 13.6. The van der Waals surface area contributed by atoms with Crippen LogP contribution in [0.15, 0.2) is 72.8 Å². The number of hydrogen-bond donors (Lipinski definition) is 2. The van der Waals surface area contributed by atoms with Gasteiger partial charge in [0.05, 0.1) is 6.42 Å². The van der Waals surface area contributed by atoms with Crippen LogP contribution in [0, 0.1) is 12.7 Å². The fourth-order valence-corrected chi connectivity index (χ4v) is 2.85. The van der Waals surface area contributed by atoms with E-state index in [1.807, 2.05) is 55.5 Å². The molecule has 0 aromatic heterocycles. The van der Waals surface area contributed by atoms with Crippen LogP contribution >= 0.6 is 0 Å². The summed E-state index contributed by atoms with van der Waals surface area (Å²) >= 11 is 0. The molecule has 1 amide bonds. The van der Waals surface area contributed by atoms with Crippen molar-refractivity contribution in [2.75, 3.05) is 5.32 Å². The highest BCUT2D eigenvalue weighted by Crippen LogP contribution is 2.13. The molecule has 0 atom stereocenters. The second kappa shape index (κ2) is 8.99. The minimum absolute atomic E-state index is 0.0106. The maximum Gasteiger partial charge on any atom is 0.224 e. The summed E-state index contributed by atoms with van der Waals surface area (Å²) in [6, 6.07) is 22.4. The molecule has 0 saturated carbocycles. The minimum atomic E-state index is -0.216. The van der Waals surface area contributed by atoms with Gasteiger partial charge in [-0.15, -0.1) is 0 Å². The van der Waals surface area contributed by atoms with Gasteiger partial charge in [0.15, 0.2) is 0 Å². The quantitative estimate of drug-likeness (QED) is 0.645. The Bertz CT molecular complexity index is 906. The van der Waals surface area contributed by atoms with E-state index < -0.39 is 0 Å². The Hall–Kier alpha value is -3.14. The molecule has 4 heteroatoms. The predicted octanol–water partition coefficient (Wildman–Crippen LogP) is 4.61. The van der Waals surface area contributed by atoms with E-state index in [9.17, 15) is 9.18 Å². The first-order chi connectivity index (χ1) is 13.1. The Kier molecular flexibility index (Phi) is 6.21. The van der Waals surface area contributed by atoms with E-state index in [1.54, 1.807) is 12.1 Å². The monoisotopic (exact) mass is 362 g/mol. The van der Waals surface area contributed by atoms with Crippen LogP contribution in [0.5, 0.6) is 0 Å². The molecular weight excluding hydrogens is 339 g/mol. The molecule has 0 aliphatic heterocycles. The number of nitrogens with one attached hydrogen (secondary N) is 2. The van der Waals surface area contributed by atoms with E-state index in [1.165, 1.54) is 11.6 Å². The summed E-state index contributed by atoms with van der Waals surface area (Å²) in [6.07, 6.45) is 0.333. The lowest BCUT2D eigenvalue weighted by Crippen LogP contribution is -2.24. The van der Waals surface area contributed by atoms with E-state index in [4.69, 9.17) is 0 Å². The zero-order valence-electron chi connectivity index (χ0n) is 15.3. The van der Waals surface area contributed by atoms with E-state index in [2.05, 4.69) is 16.7 Å². The molecule has 0 spiro atoms. The summed E-state index contributed by atoms with van der Waals surface area (Å²) in [5.41, 5.74) is 4.73. The summed E-state index contributed by atoms with van der Waals surface area (Å²) < 4.78 is 13.6. The number of carbonyl (C=O) groups excluding carboxylic acids is 1. The lowest BCUT2D eigenvalue weighted by atomic mass is 10.1. The van der Waals surface area contributed by atoms with Gasteiger partial charge in [-0.05, 0) is 36.2 Å². The van der Waals surface area contributed by atoms with Crippen molar-refractivity contribution in [3.8, 4) is 0 Å². The standard InChI is InChI=1S/C23H23FN2O/c1-17-5-4-6-19(13-17)15-26-23(27)14-18-9-11-21(12-10-18)25-16-20-7-2-3-8-22(20)24/h2-13,25H,14-16H2,1H3,(H,26,27). The first-order valence-corrected chi connectivity index (χ1v) is 8.98. The molecule has 0 aliphatic carbocycles. The molecule has 3 aromatic rings. The molecule has 0 saturated heterocycles. The number of anilines is 1. The zero-order valence-corrected chi connectivity index (χ0v) is 15.3. The van der Waals surface area contributed by atoms with Gasteiger partial charge in [-0.3, -0.25) is 4.79 Å². The van der Waals surface area contributed by atoms with Gasteiger partial charge in [0, 0.05) is 24.3 Å². The van der Waals surface area contributed by atoms with Gasteiger partial charge in [0.25, 0.3) is 0 Å². The fraction of sp³-hybridized carbons (Fsp3) is 0.174. The van der Waals surface area contributed by atoms with Crippen molar-refractivity contribution in [3.05, 3.63) is 101 Å². The Morgan fingerprint density at radius 1 is 0.889 bits per heavy atom. The van der Waals surface area contributed by atoms with Gasteiger partial charge < -0.3 is 10.6 Å². The van der Waals surface area contributed by atoms with Crippen molar-refractivity contribution in [1.29, 1.82) is 0 Å². The molecule has 0 fully saturated rings. The third kappa shape index (κ3) is 5.68. The van der Waals surface area contributed by atoms with Crippen molar-refractivity contribution in [2.45, 2.75) is 26.4 Å². The number of amides is 1. The van der Waals surface area contributed by atoms with Crippen molar-refractivity contribution in [1.82, 2.24) is 5.32 Å². The lowest BCUT2D eigenvalue weighted by Gasteiger charge is -2.09. The van der Waals surface area contributed by atoms with Gasteiger partial charge in [-0.2, -0.15) is 0 Å². The largest absolute Gasteiger partial charge is 0.381 e. The van der Waals surface area contributed by atoms with E-state index in [-0.39, 0.29) is 11.7 Å². The van der Waals surface area contributed by atoms with Crippen molar-refractivity contribution >= 4 is 11.6 Å². The fourth-order valence-electron chi connectivity index (χ4n) is 2.85. The number of rotatable bonds is 7. The summed E-state index contributed by atoms with van der Waals surface area (Å²) in [4.78, 5) is 12.1. The highest BCUT2D eigenvalue weighted by Gasteiger charge is 2.05. The number of hydrogen-bond acceptors (Lipinski definition) is 2. The third-order valence-corrected chi connectivity index (χ3v) is 4.33. The lowest BCUT2D eigenvalue weighted by molar-refractivity contribution is -0.120. The van der Waals surface area contributed by atoms with Crippen LogP contribution in [0.3, 0.4) is 0 Å². The van der Waals surface area contributed by atoms with Gasteiger partial charge in [-0.25, -0.2) is 4.39 Å². The molecule has 3 rings (SSSR count). The third-order valence-electron chi connectivity index (χ3n) is 4.33. The smallest absolute Gasteiger partial charge is 0.224 e. The Labute approximate surface area is 159 Å². The Morgan fingerprint density at radius 3 is 2.41 bits per heavy atom. The number of halogens is 1. The van der Waals surface area contributed by atoms with Crippen LogP contribution < -0.4 is 10.6 Å². The zero-order chi connectivity index (χ0) is 19.1. The number of aryl methyl sites for hydroxylation is 1. The van der Waals surface area contributed by atoms with Crippen molar-refractivity contribution < 1.29 is 9.18 Å². The van der Waals surface area contributed by atoms with Gasteiger partial charge >= 0.3 is 0 Å². The van der Waals surface area contributed by atoms with Crippen LogP contribution in [0.2, 0.25) is 0 Å². The van der Waals surface area contributed by atoms with Gasteiger partial charge in [-0.1, -0.05) is 60.2 Å². The highest BCUT2D eigenvalue weighted by molar-refractivity contribution is 5.78. The van der Waals surface area contributed by atoms with Gasteiger partial charge in [0.1, 0.15) is 5.82 Å². The van der Waals surface area contributed by atoms with Crippen LogP contribution in [0.25, 0.3) is 0 Å². The van der Waals surface area contributed by atoms with E-state index >= 15 is 0 Å². The first-order valence-electron chi connectivity index (χ1n) is 8.98. The second-order valence-electron chi connectivity index (χ2n) is 6.58. The Balaban J connectivity index is 1.48. The molecule has 0 unspecified atom stereocenters. The SMILES string of the molecule is Cc1cccc(CNC(=O)Cc2ccc(NCc3ccccc3F)cc2)c1. The van der Waals surface area contributed by atoms with Crippen molar-refractivity contribution in [3.63, 3.8) is 0 Å². The van der Waals surface area contributed by atoms with Crippen molar-refractivity contribution in [2.24, 2.45) is 0 Å². The van der Waals surface area contributed by atoms with Crippen LogP contribution in [-0.4, -0.2) is 5.91 Å². The van der Waals surface area contributed by atoms with Crippen LogP contribution in [-0.2, 0) is 24.3 Å². The first kappa shape index (κ1) is 18.6. The van der Waals surface area contributed by atoms with Crippen LogP contribution in [0.4, 0.5) is 10.1 Å². The average molecular weight is 362 g/mol. The maximum absolute atomic E-state index is 13.6. The molecule has 0 aliphatic rings. The summed E-state index contributed by atoms with van der Waals surface area (Å²) in [5.74, 6) is -0.226. The second-order valence-corrected chi connectivity index (χ2v) is 6.58. The van der Waals surface area contributed by atoms with Crippen LogP contribution in [0.1, 0.15) is 22.3 Å². The molecule has 2 N–H and O–H groups in total. The molecule has 0 bridgehead atoms. The predicted molar refractivity (Wildman–Crippen MR) is 107 cm³/mol. The molecule has 27 heavy (non-hydrogen) atoms. The molecular formula is C23H23FN2O. The minimum Gasteiger partial charge on any atom is -0.381 e. The molecule has 3 aromatic carbocycles. The van der Waals surface area contributed by atoms with E-state index in [0.29, 0.717) is 25.1 Å². The average Bonchev–Trinajstić information content (AvgIpc) is 2.67. The van der Waals surface area contributed by atoms with E-state index in [0.717, 1.165) is 16.8 Å². The van der Waals surface area contributed by atoms with Gasteiger partial charge in [0.2, 0.25) is 5.91 Å². The summed E-state index contributed by atoms with van der Waals surface area (Å²) in [7, 11) is 0. The molecule has 0 radical (unpaired) electrons. The Morgan fingerprint density at radius 2 is 1.67 bits per heavy atom. The molecule has 0 heterocycles. The summed E-state index contributed by atoms with van der Waals surface area (Å²) in [6.45, 7) is 2.99. The normalized spacial score (nSPS) is 10.4.